The van der Waals surface area contributed by atoms with E-state index in [9.17, 15) is 4.39 Å². The van der Waals surface area contributed by atoms with E-state index in [1.165, 1.54) is 12.1 Å². The topological polar surface area (TPSA) is 22.1 Å². The Morgan fingerprint density at radius 3 is 2.57 bits per heavy atom. The summed E-state index contributed by atoms with van der Waals surface area (Å²) in [4.78, 5) is 3.86. The SMILES string of the molecule is Fc1ccc(Oc2ccc[c]n2)cc1. The van der Waals surface area contributed by atoms with Crippen LogP contribution in [0.3, 0.4) is 0 Å². The van der Waals surface area contributed by atoms with E-state index in [2.05, 4.69) is 11.2 Å². The molecule has 0 amide bonds. The second kappa shape index (κ2) is 3.87. The molecule has 0 atom stereocenters. The molecule has 0 spiro atoms. The van der Waals surface area contributed by atoms with E-state index in [0.717, 1.165) is 0 Å². The highest BCUT2D eigenvalue weighted by Gasteiger charge is 1.96. The lowest BCUT2D eigenvalue weighted by molar-refractivity contribution is 0.461. The van der Waals surface area contributed by atoms with Gasteiger partial charge in [0.1, 0.15) is 11.6 Å². The van der Waals surface area contributed by atoms with Gasteiger partial charge in [-0.05, 0) is 30.3 Å². The summed E-state index contributed by atoms with van der Waals surface area (Å²) in [6, 6.07) is 10.9. The first-order chi connectivity index (χ1) is 6.84. The molecule has 1 aromatic carbocycles. The zero-order valence-electron chi connectivity index (χ0n) is 7.27. The van der Waals surface area contributed by atoms with Crippen LogP contribution in [0, 0.1) is 12.0 Å². The number of pyridine rings is 1. The third-order valence-electron chi connectivity index (χ3n) is 1.62. The quantitative estimate of drug-likeness (QED) is 0.722. The van der Waals surface area contributed by atoms with Gasteiger partial charge in [-0.3, -0.25) is 0 Å². The Kier molecular flexibility index (Phi) is 2.40. The Morgan fingerprint density at radius 1 is 1.14 bits per heavy atom. The highest BCUT2D eigenvalue weighted by Crippen LogP contribution is 2.18. The molecule has 3 heteroatoms. The average molecular weight is 188 g/mol. The molecule has 2 rings (SSSR count). The molecule has 0 fully saturated rings. The summed E-state index contributed by atoms with van der Waals surface area (Å²) in [5.41, 5.74) is 0. The summed E-state index contributed by atoms with van der Waals surface area (Å²) in [7, 11) is 0. The van der Waals surface area contributed by atoms with Crippen LogP contribution < -0.4 is 4.74 Å². The summed E-state index contributed by atoms with van der Waals surface area (Å²) in [6.45, 7) is 0. The predicted octanol–water partition coefficient (Wildman–Crippen LogP) is 2.81. The number of benzene rings is 1. The van der Waals surface area contributed by atoms with Crippen LogP contribution >= 0.6 is 0 Å². The van der Waals surface area contributed by atoms with E-state index in [1.807, 2.05) is 0 Å². The molecule has 0 aliphatic heterocycles. The van der Waals surface area contributed by atoms with E-state index in [4.69, 9.17) is 4.74 Å². The smallest absolute Gasteiger partial charge is 0.219 e. The zero-order chi connectivity index (χ0) is 9.80. The van der Waals surface area contributed by atoms with Crippen LogP contribution in [0.1, 0.15) is 0 Å². The minimum absolute atomic E-state index is 0.287. The number of aromatic nitrogens is 1. The van der Waals surface area contributed by atoms with Crippen LogP contribution in [-0.4, -0.2) is 4.98 Å². The number of hydrogen-bond donors (Lipinski definition) is 0. The van der Waals surface area contributed by atoms with Crippen LogP contribution in [0.15, 0.2) is 42.5 Å². The monoisotopic (exact) mass is 188 g/mol. The number of hydrogen-bond acceptors (Lipinski definition) is 2. The van der Waals surface area contributed by atoms with Gasteiger partial charge >= 0.3 is 0 Å². The fourth-order valence-electron chi connectivity index (χ4n) is 0.992. The summed E-state index contributed by atoms with van der Waals surface area (Å²) < 4.78 is 17.9. The number of rotatable bonds is 2. The van der Waals surface area contributed by atoms with Gasteiger partial charge in [0.15, 0.2) is 0 Å². The van der Waals surface area contributed by atoms with Crippen molar-refractivity contribution in [1.82, 2.24) is 4.98 Å². The van der Waals surface area contributed by atoms with Crippen molar-refractivity contribution in [3.8, 4) is 11.6 Å². The summed E-state index contributed by atoms with van der Waals surface area (Å²) in [5, 5.41) is 0. The van der Waals surface area contributed by atoms with Crippen molar-refractivity contribution in [2.75, 3.05) is 0 Å². The molecule has 1 radical (unpaired) electrons. The highest BCUT2D eigenvalue weighted by atomic mass is 19.1. The second-order valence-corrected chi connectivity index (χ2v) is 2.66. The Labute approximate surface area is 81.0 Å². The van der Waals surface area contributed by atoms with Gasteiger partial charge in [0.2, 0.25) is 5.88 Å². The molecule has 69 valence electrons. The molecule has 0 unspecified atom stereocenters. The molecule has 1 aromatic heterocycles. The molecule has 0 aliphatic rings. The highest BCUT2D eigenvalue weighted by molar-refractivity contribution is 5.26. The Balaban J connectivity index is 2.16. The van der Waals surface area contributed by atoms with Crippen molar-refractivity contribution in [3.05, 3.63) is 54.5 Å². The number of nitrogens with zero attached hydrogens (tertiary/aromatic N) is 1. The Hall–Kier alpha value is -1.90. The van der Waals surface area contributed by atoms with Gasteiger partial charge in [-0.1, -0.05) is 6.07 Å². The van der Waals surface area contributed by atoms with Crippen LogP contribution in [0.25, 0.3) is 0 Å². The zero-order valence-corrected chi connectivity index (χ0v) is 7.27. The van der Waals surface area contributed by atoms with Crippen LogP contribution in [0.2, 0.25) is 0 Å². The molecule has 2 nitrogen and oxygen atoms in total. The average Bonchev–Trinajstić information content (AvgIpc) is 2.23. The normalized spacial score (nSPS) is 9.79. The van der Waals surface area contributed by atoms with Gasteiger partial charge in [-0.15, -0.1) is 0 Å². The number of ether oxygens (including phenoxy) is 1. The van der Waals surface area contributed by atoms with Crippen molar-refractivity contribution in [2.24, 2.45) is 0 Å². The molecule has 0 aliphatic carbocycles. The first-order valence-electron chi connectivity index (χ1n) is 4.11. The molecule has 0 saturated heterocycles. The fourth-order valence-corrected chi connectivity index (χ4v) is 0.992. The fraction of sp³-hybridized carbons (Fsp3) is 0. The van der Waals surface area contributed by atoms with Gasteiger partial charge in [-0.25, -0.2) is 9.37 Å². The molecule has 0 saturated carbocycles. The van der Waals surface area contributed by atoms with Crippen molar-refractivity contribution in [1.29, 1.82) is 0 Å². The van der Waals surface area contributed by atoms with Gasteiger partial charge in [-0.2, -0.15) is 0 Å². The van der Waals surface area contributed by atoms with Crippen molar-refractivity contribution < 1.29 is 9.13 Å². The maximum absolute atomic E-state index is 12.5. The van der Waals surface area contributed by atoms with E-state index in [1.54, 1.807) is 30.3 Å². The summed E-state index contributed by atoms with van der Waals surface area (Å²) in [6.07, 6.45) is 2.64. The molecular weight excluding hydrogens is 181 g/mol. The van der Waals surface area contributed by atoms with Crippen molar-refractivity contribution >= 4 is 0 Å². The van der Waals surface area contributed by atoms with Crippen LogP contribution in [0.4, 0.5) is 4.39 Å². The largest absolute Gasteiger partial charge is 0.439 e. The lowest BCUT2D eigenvalue weighted by Crippen LogP contribution is -1.86. The molecular formula is C11H7FNO. The minimum atomic E-state index is -0.287. The third-order valence-corrected chi connectivity index (χ3v) is 1.62. The third kappa shape index (κ3) is 2.07. The van der Waals surface area contributed by atoms with Crippen LogP contribution in [-0.2, 0) is 0 Å². The Morgan fingerprint density at radius 2 is 1.93 bits per heavy atom. The van der Waals surface area contributed by atoms with Gasteiger partial charge in [0.05, 0.1) is 6.20 Å². The van der Waals surface area contributed by atoms with Gasteiger partial charge < -0.3 is 4.74 Å². The molecule has 14 heavy (non-hydrogen) atoms. The standard InChI is InChI=1S/C11H7FNO/c12-9-4-6-10(7-5-9)14-11-3-1-2-8-13-11/h1-7H. The van der Waals surface area contributed by atoms with E-state index < -0.39 is 0 Å². The molecule has 0 N–H and O–H groups in total. The van der Waals surface area contributed by atoms with Crippen LogP contribution in [0.5, 0.6) is 11.6 Å². The maximum Gasteiger partial charge on any atom is 0.219 e. The van der Waals surface area contributed by atoms with Crippen molar-refractivity contribution in [3.63, 3.8) is 0 Å². The van der Waals surface area contributed by atoms with E-state index in [0.29, 0.717) is 11.6 Å². The lowest BCUT2D eigenvalue weighted by atomic mass is 10.3. The van der Waals surface area contributed by atoms with E-state index in [-0.39, 0.29) is 5.82 Å². The Bertz CT molecular complexity index is 399. The molecule has 0 bridgehead atoms. The van der Waals surface area contributed by atoms with Gasteiger partial charge in [0.25, 0.3) is 0 Å². The first kappa shape index (κ1) is 8.69. The van der Waals surface area contributed by atoms with Crippen molar-refractivity contribution in [2.45, 2.75) is 0 Å². The van der Waals surface area contributed by atoms with E-state index >= 15 is 0 Å². The number of halogens is 1. The summed E-state index contributed by atoms with van der Waals surface area (Å²) >= 11 is 0. The lowest BCUT2D eigenvalue weighted by Gasteiger charge is -2.02. The molecule has 1 heterocycles. The maximum atomic E-state index is 12.5. The molecule has 2 aromatic rings. The minimum Gasteiger partial charge on any atom is -0.439 e. The first-order valence-corrected chi connectivity index (χ1v) is 4.11. The van der Waals surface area contributed by atoms with Gasteiger partial charge in [0, 0.05) is 6.07 Å². The summed E-state index contributed by atoms with van der Waals surface area (Å²) in [5.74, 6) is 0.711. The predicted molar refractivity (Wildman–Crippen MR) is 49.5 cm³/mol. The second-order valence-electron chi connectivity index (χ2n) is 2.66.